The van der Waals surface area contributed by atoms with Gasteiger partial charge in [0.1, 0.15) is 18.2 Å². The summed E-state index contributed by atoms with van der Waals surface area (Å²) in [5.41, 5.74) is 0.216. The van der Waals surface area contributed by atoms with Gasteiger partial charge in [0, 0.05) is 18.8 Å². The lowest BCUT2D eigenvalue weighted by Gasteiger charge is -2.55. The van der Waals surface area contributed by atoms with E-state index in [0.717, 1.165) is 24.9 Å². The summed E-state index contributed by atoms with van der Waals surface area (Å²) < 4.78 is 7.78. The SMILES string of the molecule is CC(C)[N+]12CCC(CC1)C(OCC(O)(c1ccccc1)C1CCCC1)C2. The number of fused-ring (bicyclic) bond motifs is 3. The molecule has 26 heavy (non-hydrogen) atoms. The molecule has 2 bridgehead atoms. The molecule has 0 spiro atoms. The van der Waals surface area contributed by atoms with Gasteiger partial charge in [0.25, 0.3) is 0 Å². The van der Waals surface area contributed by atoms with Gasteiger partial charge in [-0.15, -0.1) is 0 Å². The summed E-state index contributed by atoms with van der Waals surface area (Å²) in [5, 5.41) is 11.7. The van der Waals surface area contributed by atoms with E-state index in [9.17, 15) is 5.11 Å². The molecule has 1 aromatic rings. The Labute approximate surface area is 158 Å². The van der Waals surface area contributed by atoms with Crippen LogP contribution in [0.4, 0.5) is 0 Å². The average molecular weight is 359 g/mol. The molecular formula is C23H36NO2+. The van der Waals surface area contributed by atoms with Crippen LogP contribution >= 0.6 is 0 Å². The van der Waals surface area contributed by atoms with E-state index in [1.165, 1.54) is 43.3 Å². The fourth-order valence-corrected chi connectivity index (χ4v) is 5.88. The van der Waals surface area contributed by atoms with E-state index < -0.39 is 5.60 Å². The van der Waals surface area contributed by atoms with Gasteiger partial charge in [-0.2, -0.15) is 0 Å². The molecule has 0 aromatic heterocycles. The minimum Gasteiger partial charge on any atom is -0.382 e. The molecule has 1 N–H and O–H groups in total. The number of ether oxygens (including phenoxy) is 1. The number of aliphatic hydroxyl groups is 1. The summed E-state index contributed by atoms with van der Waals surface area (Å²) in [4.78, 5) is 0. The fraction of sp³-hybridized carbons (Fsp3) is 0.739. The van der Waals surface area contributed by atoms with Gasteiger partial charge in [0.05, 0.1) is 25.7 Å². The number of benzene rings is 1. The highest BCUT2D eigenvalue weighted by Crippen LogP contribution is 2.43. The molecule has 4 fully saturated rings. The van der Waals surface area contributed by atoms with E-state index in [1.54, 1.807) is 0 Å². The molecule has 3 heterocycles. The molecule has 3 nitrogen and oxygen atoms in total. The Bertz CT molecular complexity index is 587. The van der Waals surface area contributed by atoms with Gasteiger partial charge in [-0.3, -0.25) is 0 Å². The van der Waals surface area contributed by atoms with Crippen LogP contribution in [0.3, 0.4) is 0 Å². The smallest absolute Gasteiger partial charge is 0.116 e. The summed E-state index contributed by atoms with van der Waals surface area (Å²) in [6.07, 6.45) is 7.60. The van der Waals surface area contributed by atoms with Crippen LogP contribution in [0.1, 0.15) is 57.9 Å². The van der Waals surface area contributed by atoms with E-state index in [2.05, 4.69) is 26.0 Å². The molecule has 2 unspecified atom stereocenters. The molecular weight excluding hydrogens is 322 g/mol. The molecule has 3 heteroatoms. The maximum absolute atomic E-state index is 11.7. The Kier molecular flexibility index (Phi) is 5.15. The number of quaternary nitrogens is 1. The summed E-state index contributed by atoms with van der Waals surface area (Å²) in [7, 11) is 0. The van der Waals surface area contributed by atoms with Crippen LogP contribution in [-0.4, -0.2) is 48.0 Å². The average Bonchev–Trinajstić information content (AvgIpc) is 3.23. The Hall–Kier alpha value is -0.900. The van der Waals surface area contributed by atoms with E-state index in [0.29, 0.717) is 30.6 Å². The first-order valence-electron chi connectivity index (χ1n) is 10.8. The minimum atomic E-state index is -0.827. The van der Waals surface area contributed by atoms with Crippen molar-refractivity contribution in [2.45, 2.75) is 70.1 Å². The zero-order valence-corrected chi connectivity index (χ0v) is 16.6. The summed E-state index contributed by atoms with van der Waals surface area (Å²) in [6, 6.07) is 11.0. The molecule has 5 rings (SSSR count). The Morgan fingerprint density at radius 2 is 1.73 bits per heavy atom. The van der Waals surface area contributed by atoms with Gasteiger partial charge in [-0.1, -0.05) is 43.2 Å². The highest BCUT2D eigenvalue weighted by molar-refractivity contribution is 5.24. The topological polar surface area (TPSA) is 29.5 Å². The van der Waals surface area contributed by atoms with Crippen molar-refractivity contribution in [2.24, 2.45) is 11.8 Å². The zero-order valence-electron chi connectivity index (χ0n) is 16.6. The maximum atomic E-state index is 11.7. The first-order valence-corrected chi connectivity index (χ1v) is 10.8. The standard InChI is InChI=1S/C23H36NO2/c1-18(2)24-14-12-19(13-15-24)22(16-24)26-17-23(25,21-10-6-7-11-21)20-8-4-3-5-9-20/h3-5,8-9,18-19,21-22,25H,6-7,10-17H2,1-2H3/q+1. The predicted molar refractivity (Wildman–Crippen MR) is 105 cm³/mol. The largest absolute Gasteiger partial charge is 0.382 e. The summed E-state index contributed by atoms with van der Waals surface area (Å²) >= 11 is 0. The van der Waals surface area contributed by atoms with E-state index >= 15 is 0 Å². The molecule has 1 saturated carbocycles. The van der Waals surface area contributed by atoms with Crippen LogP contribution in [0.2, 0.25) is 0 Å². The van der Waals surface area contributed by atoms with Crippen molar-refractivity contribution in [3.63, 3.8) is 0 Å². The van der Waals surface area contributed by atoms with E-state index in [1.807, 2.05) is 18.2 Å². The van der Waals surface area contributed by atoms with E-state index in [4.69, 9.17) is 4.74 Å². The minimum absolute atomic E-state index is 0.316. The second kappa shape index (κ2) is 7.26. The van der Waals surface area contributed by atoms with Crippen LogP contribution in [0.15, 0.2) is 30.3 Å². The monoisotopic (exact) mass is 358 g/mol. The highest BCUT2D eigenvalue weighted by atomic mass is 16.5. The Balaban J connectivity index is 1.50. The third kappa shape index (κ3) is 3.23. The molecule has 0 amide bonds. The Morgan fingerprint density at radius 3 is 2.35 bits per heavy atom. The van der Waals surface area contributed by atoms with Gasteiger partial charge < -0.3 is 14.3 Å². The lowest BCUT2D eigenvalue weighted by atomic mass is 9.79. The molecule has 4 aliphatic rings. The zero-order chi connectivity index (χ0) is 18.2. The second-order valence-corrected chi connectivity index (χ2v) is 9.40. The lowest BCUT2D eigenvalue weighted by molar-refractivity contribution is -0.965. The quantitative estimate of drug-likeness (QED) is 0.776. The summed E-state index contributed by atoms with van der Waals surface area (Å²) in [6.45, 7) is 8.95. The first kappa shape index (κ1) is 18.5. The molecule has 1 aromatic carbocycles. The number of piperidine rings is 3. The van der Waals surface area contributed by atoms with Crippen molar-refractivity contribution in [2.75, 3.05) is 26.2 Å². The van der Waals surface area contributed by atoms with Crippen LogP contribution in [0.5, 0.6) is 0 Å². The molecule has 3 aliphatic heterocycles. The Morgan fingerprint density at radius 1 is 1.08 bits per heavy atom. The van der Waals surface area contributed by atoms with Crippen molar-refractivity contribution in [3.8, 4) is 0 Å². The van der Waals surface area contributed by atoms with E-state index in [-0.39, 0.29) is 0 Å². The van der Waals surface area contributed by atoms with Gasteiger partial charge >= 0.3 is 0 Å². The third-order valence-corrected chi connectivity index (χ3v) is 7.88. The van der Waals surface area contributed by atoms with Crippen molar-refractivity contribution in [1.29, 1.82) is 0 Å². The van der Waals surface area contributed by atoms with Crippen molar-refractivity contribution >= 4 is 0 Å². The van der Waals surface area contributed by atoms with Crippen LogP contribution in [-0.2, 0) is 10.3 Å². The van der Waals surface area contributed by atoms with Crippen molar-refractivity contribution in [1.82, 2.24) is 0 Å². The number of hydrogen-bond acceptors (Lipinski definition) is 2. The number of nitrogens with zero attached hydrogens (tertiary/aromatic N) is 1. The third-order valence-electron chi connectivity index (χ3n) is 7.88. The molecule has 3 saturated heterocycles. The molecule has 0 radical (unpaired) electrons. The maximum Gasteiger partial charge on any atom is 0.116 e. The van der Waals surface area contributed by atoms with Crippen molar-refractivity contribution < 1.29 is 14.3 Å². The van der Waals surface area contributed by atoms with Gasteiger partial charge in [0.15, 0.2) is 0 Å². The van der Waals surface area contributed by atoms with Crippen LogP contribution in [0, 0.1) is 11.8 Å². The summed E-state index contributed by atoms with van der Waals surface area (Å²) in [5.74, 6) is 1.02. The van der Waals surface area contributed by atoms with Gasteiger partial charge in [-0.25, -0.2) is 0 Å². The predicted octanol–water partition coefficient (Wildman–Crippen LogP) is 4.10. The van der Waals surface area contributed by atoms with Gasteiger partial charge in [-0.05, 0) is 38.2 Å². The fourth-order valence-electron chi connectivity index (χ4n) is 5.88. The van der Waals surface area contributed by atoms with Crippen LogP contribution < -0.4 is 0 Å². The normalized spacial score (nSPS) is 34.3. The lowest BCUT2D eigenvalue weighted by Crippen LogP contribution is -2.67. The van der Waals surface area contributed by atoms with Crippen molar-refractivity contribution in [3.05, 3.63) is 35.9 Å². The molecule has 2 atom stereocenters. The number of hydrogen-bond donors (Lipinski definition) is 1. The molecule has 1 aliphatic carbocycles. The molecule has 144 valence electrons. The first-order chi connectivity index (χ1) is 12.5. The number of rotatable bonds is 6. The second-order valence-electron chi connectivity index (χ2n) is 9.40. The van der Waals surface area contributed by atoms with Gasteiger partial charge in [0.2, 0.25) is 0 Å². The van der Waals surface area contributed by atoms with Crippen LogP contribution in [0.25, 0.3) is 0 Å². The highest BCUT2D eigenvalue weighted by Gasteiger charge is 2.49.